The van der Waals surface area contributed by atoms with Crippen LogP contribution >= 0.6 is 0 Å². The minimum Gasteiger partial charge on any atom is -0.494 e. The second kappa shape index (κ2) is 13.4. The van der Waals surface area contributed by atoms with E-state index in [1.54, 1.807) is 66.7 Å². The van der Waals surface area contributed by atoms with E-state index in [2.05, 4.69) is 10.5 Å². The minimum atomic E-state index is -0.529. The van der Waals surface area contributed by atoms with Crippen LogP contribution in [0.2, 0.25) is 0 Å². The van der Waals surface area contributed by atoms with E-state index in [1.165, 1.54) is 20.4 Å². The Bertz CT molecular complexity index is 1190. The first-order chi connectivity index (χ1) is 17.5. The van der Waals surface area contributed by atoms with E-state index in [1.807, 2.05) is 6.92 Å². The summed E-state index contributed by atoms with van der Waals surface area (Å²) < 4.78 is 27.0. The number of hydrogen-bond donors (Lipinski definition) is 1. The Kier molecular flexibility index (Phi) is 9.69. The summed E-state index contributed by atoms with van der Waals surface area (Å²) in [4.78, 5) is 24.6. The lowest BCUT2D eigenvalue weighted by atomic mass is 10.2. The van der Waals surface area contributed by atoms with Gasteiger partial charge in [-0.25, -0.2) is 10.2 Å². The third kappa shape index (κ3) is 7.49. The largest absolute Gasteiger partial charge is 0.494 e. The van der Waals surface area contributed by atoms with Gasteiger partial charge in [0, 0.05) is 0 Å². The number of carbonyl (C=O) groups is 2. The number of amides is 1. The van der Waals surface area contributed by atoms with E-state index < -0.39 is 11.9 Å². The molecular formula is C27H28N2O7. The lowest BCUT2D eigenvalue weighted by Crippen LogP contribution is -2.24. The monoisotopic (exact) mass is 492 g/mol. The van der Waals surface area contributed by atoms with Crippen molar-refractivity contribution in [2.75, 3.05) is 27.4 Å². The molecule has 0 spiro atoms. The van der Waals surface area contributed by atoms with Crippen molar-refractivity contribution in [1.82, 2.24) is 5.43 Å². The van der Waals surface area contributed by atoms with E-state index >= 15 is 0 Å². The van der Waals surface area contributed by atoms with Gasteiger partial charge in [0.1, 0.15) is 5.75 Å². The molecule has 1 amide bonds. The van der Waals surface area contributed by atoms with E-state index in [9.17, 15) is 9.59 Å². The SMILES string of the molecule is CCCOc1ccc(C(=O)Oc2ccc(/C=N/NC(=O)COc3ccccc3OC)cc2OC)cc1. The predicted octanol–water partition coefficient (Wildman–Crippen LogP) is 4.24. The van der Waals surface area contributed by atoms with E-state index in [4.69, 9.17) is 23.7 Å². The highest BCUT2D eigenvalue weighted by atomic mass is 16.6. The van der Waals surface area contributed by atoms with Gasteiger partial charge in [-0.3, -0.25) is 4.79 Å². The summed E-state index contributed by atoms with van der Waals surface area (Å²) in [5.41, 5.74) is 3.39. The van der Waals surface area contributed by atoms with Gasteiger partial charge in [0.05, 0.1) is 32.6 Å². The zero-order valence-electron chi connectivity index (χ0n) is 20.4. The molecule has 3 aromatic rings. The maximum absolute atomic E-state index is 12.5. The van der Waals surface area contributed by atoms with Gasteiger partial charge in [0.2, 0.25) is 0 Å². The van der Waals surface area contributed by atoms with Crippen molar-refractivity contribution in [3.8, 4) is 28.7 Å². The maximum atomic E-state index is 12.5. The van der Waals surface area contributed by atoms with Crippen LogP contribution in [0.3, 0.4) is 0 Å². The molecule has 0 unspecified atom stereocenters. The van der Waals surface area contributed by atoms with Gasteiger partial charge < -0.3 is 23.7 Å². The number of rotatable bonds is 12. The Balaban J connectivity index is 1.55. The van der Waals surface area contributed by atoms with Crippen molar-refractivity contribution in [2.24, 2.45) is 5.10 Å². The van der Waals surface area contributed by atoms with E-state index in [0.717, 1.165) is 6.42 Å². The van der Waals surface area contributed by atoms with Gasteiger partial charge in [-0.15, -0.1) is 0 Å². The normalized spacial score (nSPS) is 10.5. The molecule has 188 valence electrons. The highest BCUT2D eigenvalue weighted by Gasteiger charge is 2.13. The van der Waals surface area contributed by atoms with Gasteiger partial charge in [0.25, 0.3) is 5.91 Å². The summed E-state index contributed by atoms with van der Waals surface area (Å²) in [5, 5.41) is 3.93. The summed E-state index contributed by atoms with van der Waals surface area (Å²) >= 11 is 0. The number of para-hydroxylation sites is 2. The van der Waals surface area contributed by atoms with Gasteiger partial charge >= 0.3 is 5.97 Å². The van der Waals surface area contributed by atoms with Crippen LogP contribution in [0.15, 0.2) is 71.8 Å². The number of esters is 1. The fraction of sp³-hybridized carbons (Fsp3) is 0.222. The predicted molar refractivity (Wildman–Crippen MR) is 134 cm³/mol. The number of ether oxygens (including phenoxy) is 5. The molecule has 0 radical (unpaired) electrons. The summed E-state index contributed by atoms with van der Waals surface area (Å²) in [6.07, 6.45) is 2.33. The van der Waals surface area contributed by atoms with Crippen LogP contribution in [0.1, 0.15) is 29.3 Å². The molecule has 9 nitrogen and oxygen atoms in total. The highest BCUT2D eigenvalue weighted by molar-refractivity contribution is 5.92. The molecule has 36 heavy (non-hydrogen) atoms. The molecule has 0 saturated heterocycles. The maximum Gasteiger partial charge on any atom is 0.343 e. The molecular weight excluding hydrogens is 464 g/mol. The fourth-order valence-corrected chi connectivity index (χ4v) is 3.01. The summed E-state index contributed by atoms with van der Waals surface area (Å²) in [7, 11) is 2.98. The zero-order chi connectivity index (χ0) is 25.8. The molecule has 0 aromatic heterocycles. The second-order valence-electron chi connectivity index (χ2n) is 7.41. The topological polar surface area (TPSA) is 105 Å². The Hall–Kier alpha value is -4.53. The second-order valence-corrected chi connectivity index (χ2v) is 7.41. The summed E-state index contributed by atoms with van der Waals surface area (Å²) in [5.74, 6) is 1.28. The minimum absolute atomic E-state index is 0.234. The quantitative estimate of drug-likeness (QED) is 0.175. The standard InChI is InChI=1S/C27H28N2O7/c1-4-15-34-21-12-10-20(11-13-21)27(31)36-24-14-9-19(16-25(24)33-3)17-28-29-26(30)18-35-23-8-6-5-7-22(23)32-2/h5-14,16-17H,4,15,18H2,1-3H3,(H,29,30)/b28-17+. The number of nitrogens with zero attached hydrogens (tertiary/aromatic N) is 1. The first-order valence-electron chi connectivity index (χ1n) is 11.2. The lowest BCUT2D eigenvalue weighted by Gasteiger charge is -2.10. The van der Waals surface area contributed by atoms with Crippen LogP contribution in [0.25, 0.3) is 0 Å². The molecule has 9 heteroatoms. The van der Waals surface area contributed by atoms with Crippen LogP contribution in [0.5, 0.6) is 28.7 Å². The van der Waals surface area contributed by atoms with Crippen molar-refractivity contribution < 1.29 is 33.3 Å². The number of hydrogen-bond acceptors (Lipinski definition) is 8. The smallest absolute Gasteiger partial charge is 0.343 e. The number of benzene rings is 3. The third-order valence-corrected chi connectivity index (χ3v) is 4.78. The average molecular weight is 493 g/mol. The van der Waals surface area contributed by atoms with Crippen molar-refractivity contribution in [1.29, 1.82) is 0 Å². The van der Waals surface area contributed by atoms with Crippen LogP contribution in [0.4, 0.5) is 0 Å². The van der Waals surface area contributed by atoms with E-state index in [-0.39, 0.29) is 12.4 Å². The van der Waals surface area contributed by atoms with Crippen molar-refractivity contribution >= 4 is 18.1 Å². The Morgan fingerprint density at radius 2 is 1.58 bits per heavy atom. The molecule has 1 N–H and O–H groups in total. The van der Waals surface area contributed by atoms with Gasteiger partial charge in [0.15, 0.2) is 29.6 Å². The molecule has 3 aromatic carbocycles. The van der Waals surface area contributed by atoms with Crippen molar-refractivity contribution in [3.05, 3.63) is 77.9 Å². The van der Waals surface area contributed by atoms with Gasteiger partial charge in [-0.1, -0.05) is 19.1 Å². The first-order valence-corrected chi connectivity index (χ1v) is 11.2. The molecule has 0 heterocycles. The molecule has 0 saturated carbocycles. The lowest BCUT2D eigenvalue weighted by molar-refractivity contribution is -0.123. The number of nitrogens with one attached hydrogen (secondary N) is 1. The van der Waals surface area contributed by atoms with Crippen LogP contribution in [-0.4, -0.2) is 45.5 Å². The molecule has 0 aliphatic carbocycles. The Morgan fingerprint density at radius 3 is 2.28 bits per heavy atom. The number of methoxy groups -OCH3 is 2. The highest BCUT2D eigenvalue weighted by Crippen LogP contribution is 2.29. The number of carbonyl (C=O) groups excluding carboxylic acids is 2. The Morgan fingerprint density at radius 1 is 0.861 bits per heavy atom. The molecule has 0 fully saturated rings. The van der Waals surface area contributed by atoms with Gasteiger partial charge in [-0.05, 0) is 66.6 Å². The van der Waals surface area contributed by atoms with Crippen molar-refractivity contribution in [3.63, 3.8) is 0 Å². The van der Waals surface area contributed by atoms with Gasteiger partial charge in [-0.2, -0.15) is 5.10 Å². The van der Waals surface area contributed by atoms with E-state index in [0.29, 0.717) is 40.7 Å². The molecule has 0 bridgehead atoms. The molecule has 0 aliphatic rings. The first kappa shape index (κ1) is 26.1. The summed E-state index contributed by atoms with van der Waals surface area (Å²) in [6.45, 7) is 2.39. The van der Waals surface area contributed by atoms with Crippen LogP contribution in [0, 0.1) is 0 Å². The molecule has 0 atom stereocenters. The number of hydrazone groups is 1. The van der Waals surface area contributed by atoms with Crippen LogP contribution in [-0.2, 0) is 4.79 Å². The molecule has 0 aliphatic heterocycles. The molecule has 3 rings (SSSR count). The third-order valence-electron chi connectivity index (χ3n) is 4.78. The van der Waals surface area contributed by atoms with Crippen molar-refractivity contribution in [2.45, 2.75) is 13.3 Å². The average Bonchev–Trinajstić information content (AvgIpc) is 2.91. The Labute approximate surface area is 209 Å². The summed E-state index contributed by atoms with van der Waals surface area (Å²) in [6, 6.07) is 18.6. The fourth-order valence-electron chi connectivity index (χ4n) is 3.01. The van der Waals surface area contributed by atoms with Crippen LogP contribution < -0.4 is 29.1 Å². The zero-order valence-corrected chi connectivity index (χ0v) is 20.4.